The van der Waals surface area contributed by atoms with Crippen molar-refractivity contribution in [3.63, 3.8) is 0 Å². The molecule has 0 radical (unpaired) electrons. The summed E-state index contributed by atoms with van der Waals surface area (Å²) in [6.07, 6.45) is 3.51. The first-order valence-electron chi connectivity index (χ1n) is 4.48. The fraction of sp³-hybridized carbons (Fsp3) is 0.100. The van der Waals surface area contributed by atoms with Gasteiger partial charge >= 0.3 is 5.97 Å². The highest BCUT2D eigenvalue weighted by Crippen LogP contribution is 2.02. The summed E-state index contributed by atoms with van der Waals surface area (Å²) in [5.74, 6) is -2.07. The van der Waals surface area contributed by atoms with Crippen molar-refractivity contribution in [2.24, 2.45) is 0 Å². The molecule has 1 aromatic heterocycles. The Bertz CT molecular complexity index is 531. The lowest BCUT2D eigenvalue weighted by Crippen LogP contribution is -2.25. The minimum absolute atomic E-state index is 0.291. The Morgan fingerprint density at radius 1 is 1.41 bits per heavy atom. The van der Waals surface area contributed by atoms with Gasteiger partial charge in [-0.15, -0.1) is 0 Å². The van der Waals surface area contributed by atoms with Crippen molar-refractivity contribution in [2.45, 2.75) is 6.92 Å². The number of amides is 1. The molecule has 0 spiro atoms. The third-order valence-electron chi connectivity index (χ3n) is 1.71. The highest BCUT2D eigenvalue weighted by Gasteiger charge is 2.19. The van der Waals surface area contributed by atoms with Crippen LogP contribution in [0, 0.1) is 11.3 Å². The highest BCUT2D eigenvalue weighted by molar-refractivity contribution is 6.02. The topological polar surface area (TPSA) is 116 Å². The number of carboxylic acid groups (broad SMARTS) is 1. The molecule has 0 aliphatic rings. The molecule has 17 heavy (non-hydrogen) atoms. The second kappa shape index (κ2) is 5.37. The van der Waals surface area contributed by atoms with E-state index in [4.69, 9.17) is 10.4 Å². The Hall–Kier alpha value is -2.75. The average Bonchev–Trinajstić information content (AvgIpc) is 2.29. The summed E-state index contributed by atoms with van der Waals surface area (Å²) in [5.41, 5.74) is -0.445. The number of carbonyl (C=O) groups excluding carboxylic acids is 1. The molecule has 1 amide bonds. The van der Waals surface area contributed by atoms with Crippen LogP contribution in [0.4, 0.5) is 0 Å². The molecule has 0 fully saturated rings. The molecule has 1 heterocycles. The molecule has 7 heteroatoms. The van der Waals surface area contributed by atoms with Gasteiger partial charge in [0.2, 0.25) is 0 Å². The lowest BCUT2D eigenvalue weighted by atomic mass is 10.2. The van der Waals surface area contributed by atoms with Crippen molar-refractivity contribution in [1.29, 1.82) is 5.26 Å². The van der Waals surface area contributed by atoms with E-state index in [0.717, 1.165) is 6.08 Å². The van der Waals surface area contributed by atoms with Crippen LogP contribution in [0.2, 0.25) is 0 Å². The number of carbonyl (C=O) groups is 2. The fourth-order valence-corrected chi connectivity index (χ4v) is 1.03. The minimum Gasteiger partial charge on any atom is -0.476 e. The highest BCUT2D eigenvalue weighted by atomic mass is 16.4. The first kappa shape index (κ1) is 12.3. The number of aromatic carboxylic acids is 1. The maximum atomic E-state index is 11.6. The van der Waals surface area contributed by atoms with E-state index in [1.54, 1.807) is 6.07 Å². The molecule has 0 atom stereocenters. The molecule has 0 aliphatic heterocycles. The minimum atomic E-state index is -1.34. The van der Waals surface area contributed by atoms with Crippen molar-refractivity contribution in [3.05, 3.63) is 35.6 Å². The summed E-state index contributed by atoms with van der Waals surface area (Å²) in [7, 11) is 0. The van der Waals surface area contributed by atoms with Gasteiger partial charge in [0.25, 0.3) is 5.91 Å². The third kappa shape index (κ3) is 3.10. The van der Waals surface area contributed by atoms with Gasteiger partial charge in [0.05, 0.1) is 6.07 Å². The molecule has 1 aromatic rings. The molecule has 0 bridgehead atoms. The Morgan fingerprint density at radius 2 is 2.00 bits per heavy atom. The molecular formula is C10H8N4O3. The summed E-state index contributed by atoms with van der Waals surface area (Å²) < 4.78 is 0. The van der Waals surface area contributed by atoms with Crippen LogP contribution in [0.5, 0.6) is 0 Å². The molecule has 1 rings (SSSR count). The van der Waals surface area contributed by atoms with Gasteiger partial charge in [-0.05, 0) is 6.92 Å². The number of allylic oxidation sites excluding steroid dienone is 2. The summed E-state index contributed by atoms with van der Waals surface area (Å²) in [6.45, 7) is 1.50. The first-order valence-corrected chi connectivity index (χ1v) is 4.48. The summed E-state index contributed by atoms with van der Waals surface area (Å²) in [6, 6.07) is 1.73. The largest absolute Gasteiger partial charge is 0.476 e. The number of hydrogen-bond acceptors (Lipinski definition) is 5. The fourth-order valence-electron chi connectivity index (χ4n) is 1.03. The zero-order valence-corrected chi connectivity index (χ0v) is 8.84. The average molecular weight is 232 g/mol. The maximum Gasteiger partial charge on any atom is 0.356 e. The molecule has 0 saturated carbocycles. The summed E-state index contributed by atoms with van der Waals surface area (Å²) in [5, 5.41) is 19.5. The van der Waals surface area contributed by atoms with Crippen LogP contribution in [0.1, 0.15) is 27.9 Å². The predicted molar refractivity (Wildman–Crippen MR) is 55.8 cm³/mol. The maximum absolute atomic E-state index is 11.6. The summed E-state index contributed by atoms with van der Waals surface area (Å²) in [4.78, 5) is 29.6. The van der Waals surface area contributed by atoms with E-state index in [9.17, 15) is 9.59 Å². The van der Waals surface area contributed by atoms with Gasteiger partial charge in [-0.1, -0.05) is 0 Å². The van der Waals surface area contributed by atoms with Gasteiger partial charge in [0.1, 0.15) is 0 Å². The normalized spacial score (nSPS) is 10.5. The smallest absolute Gasteiger partial charge is 0.356 e. The van der Waals surface area contributed by atoms with Crippen LogP contribution in [0.25, 0.3) is 0 Å². The second-order valence-corrected chi connectivity index (χ2v) is 2.97. The third-order valence-corrected chi connectivity index (χ3v) is 1.71. The molecule has 2 N–H and O–H groups in total. The van der Waals surface area contributed by atoms with Crippen LogP contribution in [-0.2, 0) is 0 Å². The SMILES string of the molecule is CC(=CC#N)NC(=O)c1nccnc1C(=O)O. The van der Waals surface area contributed by atoms with Gasteiger partial charge in [0, 0.05) is 24.2 Å². The van der Waals surface area contributed by atoms with Crippen molar-refractivity contribution >= 4 is 11.9 Å². The van der Waals surface area contributed by atoms with Crippen molar-refractivity contribution in [3.8, 4) is 6.07 Å². The molecule has 86 valence electrons. The lowest BCUT2D eigenvalue weighted by molar-refractivity contribution is 0.0683. The zero-order valence-electron chi connectivity index (χ0n) is 8.84. The molecule has 0 unspecified atom stereocenters. The Labute approximate surface area is 96.4 Å². The van der Waals surface area contributed by atoms with E-state index in [-0.39, 0.29) is 5.69 Å². The van der Waals surface area contributed by atoms with Crippen LogP contribution in [-0.4, -0.2) is 27.0 Å². The lowest BCUT2D eigenvalue weighted by Gasteiger charge is -2.04. The number of nitrogens with one attached hydrogen (secondary N) is 1. The van der Waals surface area contributed by atoms with Crippen molar-refractivity contribution in [2.75, 3.05) is 0 Å². The van der Waals surface area contributed by atoms with Crippen molar-refractivity contribution < 1.29 is 14.7 Å². The van der Waals surface area contributed by atoms with Gasteiger partial charge in [-0.2, -0.15) is 5.26 Å². The molecule has 0 saturated heterocycles. The Morgan fingerprint density at radius 3 is 2.53 bits per heavy atom. The number of carboxylic acids is 1. The molecular weight excluding hydrogens is 224 g/mol. The van der Waals surface area contributed by atoms with E-state index in [0.29, 0.717) is 5.70 Å². The van der Waals surface area contributed by atoms with E-state index >= 15 is 0 Å². The van der Waals surface area contributed by atoms with Gasteiger partial charge in [0.15, 0.2) is 11.4 Å². The van der Waals surface area contributed by atoms with Crippen LogP contribution >= 0.6 is 0 Å². The van der Waals surface area contributed by atoms with Crippen LogP contribution < -0.4 is 5.32 Å². The number of aromatic nitrogens is 2. The number of nitriles is 1. The van der Waals surface area contributed by atoms with Crippen molar-refractivity contribution in [1.82, 2.24) is 15.3 Å². The standard InChI is InChI=1S/C10H8N4O3/c1-6(2-3-11)14-9(15)7-8(10(16)17)13-5-4-12-7/h2,4-5H,1H3,(H,14,15)(H,16,17). The summed E-state index contributed by atoms with van der Waals surface area (Å²) >= 11 is 0. The quantitative estimate of drug-likeness (QED) is 0.725. The Balaban J connectivity index is 3.02. The van der Waals surface area contributed by atoms with E-state index in [1.807, 2.05) is 0 Å². The zero-order chi connectivity index (χ0) is 12.8. The van der Waals surface area contributed by atoms with E-state index in [1.165, 1.54) is 19.3 Å². The predicted octanol–water partition coefficient (Wildman–Crippen LogP) is 0.332. The van der Waals surface area contributed by atoms with E-state index in [2.05, 4.69) is 15.3 Å². The number of nitrogens with zero attached hydrogens (tertiary/aromatic N) is 3. The molecule has 0 aromatic carbocycles. The number of hydrogen-bond donors (Lipinski definition) is 2. The van der Waals surface area contributed by atoms with Gasteiger partial charge < -0.3 is 10.4 Å². The molecule has 0 aliphatic carbocycles. The first-order chi connectivity index (χ1) is 8.06. The van der Waals surface area contributed by atoms with Gasteiger partial charge in [-0.3, -0.25) is 4.79 Å². The second-order valence-electron chi connectivity index (χ2n) is 2.97. The monoisotopic (exact) mass is 232 g/mol. The molecule has 7 nitrogen and oxygen atoms in total. The van der Waals surface area contributed by atoms with Crippen LogP contribution in [0.3, 0.4) is 0 Å². The van der Waals surface area contributed by atoms with Gasteiger partial charge in [-0.25, -0.2) is 14.8 Å². The van der Waals surface area contributed by atoms with Crippen LogP contribution in [0.15, 0.2) is 24.2 Å². The number of rotatable bonds is 3. The van der Waals surface area contributed by atoms with E-state index < -0.39 is 17.6 Å². The Kier molecular flexibility index (Phi) is 3.89.